The van der Waals surface area contributed by atoms with Gasteiger partial charge in [-0.25, -0.2) is 0 Å². The van der Waals surface area contributed by atoms with E-state index in [0.717, 1.165) is 36.6 Å². The second-order valence-electron chi connectivity index (χ2n) is 5.05. The Morgan fingerprint density at radius 3 is 3.05 bits per heavy atom. The molecule has 1 aromatic rings. The molecule has 3 rings (SSSR count). The molecule has 100 valence electrons. The molecular formula is C15H18N2O2. The van der Waals surface area contributed by atoms with E-state index in [2.05, 4.69) is 23.6 Å². The summed E-state index contributed by atoms with van der Waals surface area (Å²) in [5, 5.41) is 0. The van der Waals surface area contributed by atoms with E-state index >= 15 is 0 Å². The molecular weight excluding hydrogens is 240 g/mol. The lowest BCUT2D eigenvalue weighted by Crippen LogP contribution is -2.58. The molecule has 19 heavy (non-hydrogen) atoms. The minimum atomic E-state index is 0.146. The minimum Gasteiger partial charge on any atom is -0.489 e. The maximum atomic E-state index is 11.5. The number of piperazine rings is 1. The molecule has 0 aromatic heterocycles. The van der Waals surface area contributed by atoms with Gasteiger partial charge < -0.3 is 14.5 Å². The van der Waals surface area contributed by atoms with Crippen LogP contribution in [0.5, 0.6) is 5.75 Å². The van der Waals surface area contributed by atoms with Gasteiger partial charge in [0, 0.05) is 26.6 Å². The zero-order valence-electron chi connectivity index (χ0n) is 11.1. The lowest BCUT2D eigenvalue weighted by atomic mass is 10.1. The highest BCUT2D eigenvalue weighted by atomic mass is 16.5. The number of hydrogen-bond acceptors (Lipinski definition) is 3. The molecule has 0 aliphatic carbocycles. The number of carbonyl (C=O) groups is 1. The van der Waals surface area contributed by atoms with E-state index in [1.165, 1.54) is 0 Å². The minimum absolute atomic E-state index is 0.146. The lowest BCUT2D eigenvalue weighted by molar-refractivity contribution is -0.129. The first-order valence-electron chi connectivity index (χ1n) is 6.60. The van der Waals surface area contributed by atoms with Crippen LogP contribution in [0.25, 0.3) is 6.08 Å². The SMILES string of the molecule is C=Cc1ccc2c(c1)OC[C@H]1CN(C(C)=O)CCN21. The maximum absolute atomic E-state index is 11.5. The molecule has 2 aliphatic heterocycles. The number of fused-ring (bicyclic) bond motifs is 3. The number of anilines is 1. The number of ether oxygens (including phenoxy) is 1. The molecule has 2 heterocycles. The van der Waals surface area contributed by atoms with Gasteiger partial charge >= 0.3 is 0 Å². The maximum Gasteiger partial charge on any atom is 0.219 e. The fourth-order valence-corrected chi connectivity index (χ4v) is 2.80. The largest absolute Gasteiger partial charge is 0.489 e. The molecule has 1 saturated heterocycles. The molecule has 1 aromatic carbocycles. The van der Waals surface area contributed by atoms with Crippen LogP contribution in [0, 0.1) is 0 Å². The molecule has 0 spiro atoms. The van der Waals surface area contributed by atoms with E-state index in [0.29, 0.717) is 6.61 Å². The molecule has 4 nitrogen and oxygen atoms in total. The van der Waals surface area contributed by atoms with Gasteiger partial charge in [-0.2, -0.15) is 0 Å². The normalized spacial score (nSPS) is 21.2. The van der Waals surface area contributed by atoms with Gasteiger partial charge in [-0.15, -0.1) is 0 Å². The first-order valence-corrected chi connectivity index (χ1v) is 6.60. The van der Waals surface area contributed by atoms with Gasteiger partial charge in [-0.1, -0.05) is 18.7 Å². The van der Waals surface area contributed by atoms with Crippen molar-refractivity contribution in [2.24, 2.45) is 0 Å². The van der Waals surface area contributed by atoms with Crippen molar-refractivity contribution in [3.05, 3.63) is 30.3 Å². The van der Waals surface area contributed by atoms with Crippen molar-refractivity contribution < 1.29 is 9.53 Å². The Labute approximate surface area is 113 Å². The second-order valence-corrected chi connectivity index (χ2v) is 5.05. The summed E-state index contributed by atoms with van der Waals surface area (Å²) in [6, 6.07) is 6.42. The van der Waals surface area contributed by atoms with Crippen molar-refractivity contribution in [1.82, 2.24) is 4.90 Å². The van der Waals surface area contributed by atoms with Crippen LogP contribution in [0.2, 0.25) is 0 Å². The van der Waals surface area contributed by atoms with E-state index < -0.39 is 0 Å². The Hall–Kier alpha value is -1.97. The van der Waals surface area contributed by atoms with Crippen LogP contribution in [-0.4, -0.2) is 43.1 Å². The Bertz CT molecular complexity index is 527. The van der Waals surface area contributed by atoms with E-state index in [1.807, 2.05) is 17.0 Å². The lowest BCUT2D eigenvalue weighted by Gasteiger charge is -2.45. The second kappa shape index (κ2) is 4.61. The van der Waals surface area contributed by atoms with Crippen LogP contribution in [0.15, 0.2) is 24.8 Å². The number of benzene rings is 1. The highest BCUT2D eigenvalue weighted by molar-refractivity contribution is 5.74. The number of nitrogens with zero attached hydrogens (tertiary/aromatic N) is 2. The number of hydrogen-bond donors (Lipinski definition) is 0. The zero-order chi connectivity index (χ0) is 13.4. The quantitative estimate of drug-likeness (QED) is 0.769. The Kier molecular flexibility index (Phi) is 2.93. The summed E-state index contributed by atoms with van der Waals surface area (Å²) in [5.74, 6) is 1.07. The fraction of sp³-hybridized carbons (Fsp3) is 0.400. The molecule has 1 atom stereocenters. The van der Waals surface area contributed by atoms with Gasteiger partial charge in [-0.05, 0) is 17.7 Å². The predicted octanol–water partition coefficient (Wildman–Crippen LogP) is 1.76. The Morgan fingerprint density at radius 2 is 2.32 bits per heavy atom. The molecule has 1 fully saturated rings. The highest BCUT2D eigenvalue weighted by Crippen LogP contribution is 2.36. The fourth-order valence-electron chi connectivity index (χ4n) is 2.80. The third-order valence-corrected chi connectivity index (χ3v) is 3.89. The number of rotatable bonds is 1. The number of carbonyl (C=O) groups excluding carboxylic acids is 1. The van der Waals surface area contributed by atoms with Crippen molar-refractivity contribution in [2.45, 2.75) is 13.0 Å². The smallest absolute Gasteiger partial charge is 0.219 e. The average Bonchev–Trinajstić information content (AvgIpc) is 2.45. The van der Waals surface area contributed by atoms with Crippen molar-refractivity contribution in [3.8, 4) is 5.75 Å². The Morgan fingerprint density at radius 1 is 1.47 bits per heavy atom. The molecule has 2 aliphatic rings. The van der Waals surface area contributed by atoms with Crippen molar-refractivity contribution in [1.29, 1.82) is 0 Å². The predicted molar refractivity (Wildman–Crippen MR) is 75.4 cm³/mol. The summed E-state index contributed by atoms with van der Waals surface area (Å²) in [6.07, 6.45) is 1.82. The monoisotopic (exact) mass is 258 g/mol. The van der Waals surface area contributed by atoms with Gasteiger partial charge in [0.25, 0.3) is 0 Å². The Balaban J connectivity index is 1.86. The van der Waals surface area contributed by atoms with Crippen LogP contribution in [0.1, 0.15) is 12.5 Å². The van der Waals surface area contributed by atoms with Crippen molar-refractivity contribution >= 4 is 17.7 Å². The van der Waals surface area contributed by atoms with Crippen molar-refractivity contribution in [3.63, 3.8) is 0 Å². The van der Waals surface area contributed by atoms with Crippen LogP contribution < -0.4 is 9.64 Å². The van der Waals surface area contributed by atoms with Gasteiger partial charge in [0.2, 0.25) is 5.91 Å². The van der Waals surface area contributed by atoms with E-state index in [9.17, 15) is 4.79 Å². The molecule has 0 bridgehead atoms. The van der Waals surface area contributed by atoms with Gasteiger partial charge in [0.15, 0.2) is 0 Å². The van der Waals surface area contributed by atoms with Crippen LogP contribution in [-0.2, 0) is 4.79 Å². The van der Waals surface area contributed by atoms with E-state index in [-0.39, 0.29) is 11.9 Å². The third kappa shape index (κ3) is 2.07. The molecule has 0 saturated carbocycles. The van der Waals surface area contributed by atoms with Crippen LogP contribution in [0.3, 0.4) is 0 Å². The summed E-state index contributed by atoms with van der Waals surface area (Å²) in [4.78, 5) is 15.7. The highest BCUT2D eigenvalue weighted by Gasteiger charge is 2.33. The first-order chi connectivity index (χ1) is 9.19. The molecule has 4 heteroatoms. The summed E-state index contributed by atoms with van der Waals surface area (Å²) in [6.45, 7) is 8.45. The van der Waals surface area contributed by atoms with E-state index in [4.69, 9.17) is 4.74 Å². The molecule has 0 radical (unpaired) electrons. The van der Waals surface area contributed by atoms with Gasteiger partial charge in [0.1, 0.15) is 12.4 Å². The van der Waals surface area contributed by atoms with Gasteiger partial charge in [0.05, 0.1) is 11.7 Å². The third-order valence-electron chi connectivity index (χ3n) is 3.89. The van der Waals surface area contributed by atoms with E-state index in [1.54, 1.807) is 6.92 Å². The average molecular weight is 258 g/mol. The topological polar surface area (TPSA) is 32.8 Å². The summed E-state index contributed by atoms with van der Waals surface area (Å²) < 4.78 is 5.84. The molecule has 0 unspecified atom stereocenters. The van der Waals surface area contributed by atoms with Crippen LogP contribution in [0.4, 0.5) is 5.69 Å². The molecule has 1 amide bonds. The summed E-state index contributed by atoms with van der Waals surface area (Å²) in [7, 11) is 0. The van der Waals surface area contributed by atoms with Crippen LogP contribution >= 0.6 is 0 Å². The molecule has 0 N–H and O–H groups in total. The summed E-state index contributed by atoms with van der Waals surface area (Å²) >= 11 is 0. The zero-order valence-corrected chi connectivity index (χ0v) is 11.1. The van der Waals surface area contributed by atoms with Gasteiger partial charge in [-0.3, -0.25) is 4.79 Å². The van der Waals surface area contributed by atoms with Crippen molar-refractivity contribution in [2.75, 3.05) is 31.1 Å². The standard InChI is InChI=1S/C15H18N2O2/c1-3-12-4-5-14-15(8-12)19-10-13-9-16(11(2)18)6-7-17(13)14/h3-5,8,13H,1,6-7,9-10H2,2H3/t13-/m1/s1. The first kappa shape index (κ1) is 12.1. The number of amides is 1. The summed E-state index contributed by atoms with van der Waals surface area (Å²) in [5.41, 5.74) is 2.20.